The second-order valence-corrected chi connectivity index (χ2v) is 8.24. The summed E-state index contributed by atoms with van der Waals surface area (Å²) >= 11 is 0. The summed E-state index contributed by atoms with van der Waals surface area (Å²) in [6.07, 6.45) is 3.21. The standard InChI is InChI=1S/C23H26N4O4/c28-15-20-22-17-3-1-2-4-18(17)26(23(30)16-5-7-24-8-6-16)13-19(22)27(20)21(29)14-25-9-11-31-12-10-25/h1-8,19-20,22,28H,9-15H2/t19-,20+,22+/m0/s1. The number of carbonyl (C=O) groups is 2. The van der Waals surface area contributed by atoms with E-state index in [1.54, 1.807) is 34.3 Å². The van der Waals surface area contributed by atoms with Gasteiger partial charge in [0.1, 0.15) is 0 Å². The lowest BCUT2D eigenvalue weighted by atomic mass is 9.71. The van der Waals surface area contributed by atoms with Crippen molar-refractivity contribution in [3.8, 4) is 0 Å². The van der Waals surface area contributed by atoms with Gasteiger partial charge in [-0.15, -0.1) is 0 Å². The van der Waals surface area contributed by atoms with Crippen LogP contribution in [0.5, 0.6) is 0 Å². The van der Waals surface area contributed by atoms with Gasteiger partial charge in [0.25, 0.3) is 5.91 Å². The Labute approximate surface area is 181 Å². The first-order chi connectivity index (χ1) is 15.2. The summed E-state index contributed by atoms with van der Waals surface area (Å²) in [4.78, 5) is 36.1. The number of amides is 2. The van der Waals surface area contributed by atoms with Crippen LogP contribution in [-0.4, -0.2) is 89.8 Å². The zero-order chi connectivity index (χ0) is 21.4. The van der Waals surface area contributed by atoms with Gasteiger partial charge in [0.15, 0.2) is 0 Å². The molecule has 5 rings (SSSR count). The predicted octanol–water partition coefficient (Wildman–Crippen LogP) is 0.730. The molecular weight excluding hydrogens is 396 g/mol. The highest BCUT2D eigenvalue weighted by molar-refractivity contribution is 6.07. The first-order valence-electron chi connectivity index (χ1n) is 10.7. The minimum Gasteiger partial charge on any atom is -0.394 e. The van der Waals surface area contributed by atoms with Crippen molar-refractivity contribution in [3.05, 3.63) is 59.9 Å². The first-order valence-corrected chi connectivity index (χ1v) is 10.7. The number of aromatic nitrogens is 1. The smallest absolute Gasteiger partial charge is 0.258 e. The fourth-order valence-corrected chi connectivity index (χ4v) is 5.11. The number of aliphatic hydroxyl groups is 1. The van der Waals surface area contributed by atoms with E-state index >= 15 is 0 Å². The highest BCUT2D eigenvalue weighted by atomic mass is 16.5. The van der Waals surface area contributed by atoms with E-state index in [1.165, 1.54) is 0 Å². The molecule has 0 unspecified atom stereocenters. The van der Waals surface area contributed by atoms with E-state index < -0.39 is 0 Å². The van der Waals surface area contributed by atoms with Crippen LogP contribution >= 0.6 is 0 Å². The molecule has 4 heterocycles. The Morgan fingerprint density at radius 1 is 1.10 bits per heavy atom. The number of nitrogens with zero attached hydrogens (tertiary/aromatic N) is 4. The molecule has 3 atom stereocenters. The van der Waals surface area contributed by atoms with Gasteiger partial charge in [0, 0.05) is 49.2 Å². The van der Waals surface area contributed by atoms with Crippen molar-refractivity contribution in [1.82, 2.24) is 14.8 Å². The van der Waals surface area contributed by atoms with Crippen LogP contribution in [0.2, 0.25) is 0 Å². The number of hydrogen-bond acceptors (Lipinski definition) is 6. The summed E-state index contributed by atoms with van der Waals surface area (Å²) in [5, 5.41) is 10.1. The van der Waals surface area contributed by atoms with E-state index in [2.05, 4.69) is 9.88 Å². The highest BCUT2D eigenvalue weighted by Crippen LogP contribution is 2.48. The average molecular weight is 422 g/mol. The number of pyridine rings is 1. The number of rotatable bonds is 4. The number of aliphatic hydroxyl groups excluding tert-OH is 1. The van der Waals surface area contributed by atoms with E-state index in [0.717, 1.165) is 24.3 Å². The van der Waals surface area contributed by atoms with E-state index in [-0.39, 0.29) is 36.4 Å². The van der Waals surface area contributed by atoms with Crippen LogP contribution in [0.25, 0.3) is 0 Å². The lowest BCUT2D eigenvalue weighted by Gasteiger charge is -2.59. The second-order valence-electron chi connectivity index (χ2n) is 8.24. The van der Waals surface area contributed by atoms with Crippen molar-refractivity contribution in [2.75, 3.05) is 50.9 Å². The first kappa shape index (κ1) is 20.1. The van der Waals surface area contributed by atoms with Gasteiger partial charge in [-0.3, -0.25) is 19.5 Å². The topological polar surface area (TPSA) is 86.2 Å². The lowest BCUT2D eigenvalue weighted by Crippen LogP contribution is -2.71. The van der Waals surface area contributed by atoms with Crippen molar-refractivity contribution >= 4 is 17.5 Å². The molecule has 0 aliphatic carbocycles. The summed E-state index contributed by atoms with van der Waals surface area (Å²) in [5.74, 6) is -0.0875. The van der Waals surface area contributed by atoms with E-state index in [9.17, 15) is 14.7 Å². The molecule has 2 saturated heterocycles. The molecule has 3 aliphatic heterocycles. The number of carbonyl (C=O) groups excluding carboxylic acids is 2. The predicted molar refractivity (Wildman–Crippen MR) is 114 cm³/mol. The van der Waals surface area contributed by atoms with Crippen molar-refractivity contribution in [2.45, 2.75) is 18.0 Å². The molecule has 162 valence electrons. The molecule has 2 aromatic rings. The Morgan fingerprint density at radius 3 is 2.58 bits per heavy atom. The minimum absolute atomic E-state index is 0.00195. The molecule has 31 heavy (non-hydrogen) atoms. The third kappa shape index (κ3) is 3.50. The summed E-state index contributed by atoms with van der Waals surface area (Å²) < 4.78 is 5.38. The van der Waals surface area contributed by atoms with E-state index in [1.807, 2.05) is 24.3 Å². The Kier molecular flexibility index (Phi) is 5.43. The van der Waals surface area contributed by atoms with Crippen LogP contribution < -0.4 is 4.90 Å². The van der Waals surface area contributed by atoms with Gasteiger partial charge in [-0.25, -0.2) is 0 Å². The molecule has 1 aromatic heterocycles. The van der Waals surface area contributed by atoms with Gasteiger partial charge < -0.3 is 19.6 Å². The largest absolute Gasteiger partial charge is 0.394 e. The van der Waals surface area contributed by atoms with Crippen LogP contribution in [0.3, 0.4) is 0 Å². The molecule has 0 bridgehead atoms. The number of likely N-dealkylation sites (tertiary alicyclic amines) is 1. The number of fused-ring (bicyclic) bond motifs is 3. The van der Waals surface area contributed by atoms with Crippen molar-refractivity contribution in [2.24, 2.45) is 0 Å². The number of hydrogen-bond donors (Lipinski definition) is 1. The molecule has 8 nitrogen and oxygen atoms in total. The van der Waals surface area contributed by atoms with E-state index in [0.29, 0.717) is 31.9 Å². The van der Waals surface area contributed by atoms with Crippen LogP contribution in [0.15, 0.2) is 48.8 Å². The SMILES string of the molecule is O=C(c1ccncc1)N1C[C@H]2[C@@H](c3ccccc31)[C@@H](CO)N2C(=O)CN1CCOCC1. The molecule has 2 fully saturated rings. The Hall–Kier alpha value is -2.81. The van der Waals surface area contributed by atoms with Gasteiger partial charge in [-0.05, 0) is 23.8 Å². The Bertz CT molecular complexity index is 963. The van der Waals surface area contributed by atoms with Gasteiger partial charge in [0.05, 0.1) is 38.4 Å². The van der Waals surface area contributed by atoms with Crippen molar-refractivity contribution in [1.29, 1.82) is 0 Å². The van der Waals surface area contributed by atoms with Crippen LogP contribution in [0.4, 0.5) is 5.69 Å². The minimum atomic E-state index is -0.266. The maximum absolute atomic E-state index is 13.3. The molecule has 1 N–H and O–H groups in total. The molecule has 8 heteroatoms. The van der Waals surface area contributed by atoms with Gasteiger partial charge >= 0.3 is 0 Å². The maximum atomic E-state index is 13.3. The summed E-state index contributed by atoms with van der Waals surface area (Å²) in [7, 11) is 0. The zero-order valence-corrected chi connectivity index (χ0v) is 17.3. The maximum Gasteiger partial charge on any atom is 0.258 e. The number of benzene rings is 1. The fraction of sp³-hybridized carbons (Fsp3) is 0.435. The van der Waals surface area contributed by atoms with E-state index in [4.69, 9.17) is 4.74 Å². The molecular formula is C23H26N4O4. The van der Waals surface area contributed by atoms with Gasteiger partial charge in [-0.2, -0.15) is 0 Å². The second kappa shape index (κ2) is 8.37. The number of anilines is 1. The summed E-state index contributed by atoms with van der Waals surface area (Å²) in [6, 6.07) is 10.8. The van der Waals surface area contributed by atoms with Crippen molar-refractivity contribution in [3.63, 3.8) is 0 Å². The third-order valence-electron chi connectivity index (χ3n) is 6.61. The Morgan fingerprint density at radius 2 is 1.84 bits per heavy atom. The molecule has 1 aromatic carbocycles. The fourth-order valence-electron chi connectivity index (χ4n) is 5.11. The molecule has 3 aliphatic rings. The molecule has 2 amide bonds. The quantitative estimate of drug-likeness (QED) is 0.782. The normalized spacial score (nSPS) is 25.4. The average Bonchev–Trinajstić information content (AvgIpc) is 2.80. The molecule has 0 spiro atoms. The van der Waals surface area contributed by atoms with Crippen molar-refractivity contribution < 1.29 is 19.4 Å². The number of morpholine rings is 1. The molecule has 0 saturated carbocycles. The zero-order valence-electron chi connectivity index (χ0n) is 17.3. The summed E-state index contributed by atoms with van der Waals surface area (Å²) in [5.41, 5.74) is 2.42. The van der Waals surface area contributed by atoms with Gasteiger partial charge in [0.2, 0.25) is 5.91 Å². The van der Waals surface area contributed by atoms with Crippen LogP contribution in [0, 0.1) is 0 Å². The lowest BCUT2D eigenvalue weighted by molar-refractivity contribution is -0.152. The third-order valence-corrected chi connectivity index (χ3v) is 6.61. The van der Waals surface area contributed by atoms with Crippen LogP contribution in [0.1, 0.15) is 21.8 Å². The highest BCUT2D eigenvalue weighted by Gasteiger charge is 2.55. The molecule has 0 radical (unpaired) electrons. The Balaban J connectivity index is 1.43. The number of para-hydroxylation sites is 1. The van der Waals surface area contributed by atoms with Crippen LogP contribution in [-0.2, 0) is 9.53 Å². The monoisotopic (exact) mass is 422 g/mol. The number of ether oxygens (including phenoxy) is 1. The summed E-state index contributed by atoms with van der Waals surface area (Å²) in [6.45, 7) is 3.34. The van der Waals surface area contributed by atoms with Gasteiger partial charge in [-0.1, -0.05) is 18.2 Å².